The molecular formula is C43H33BN2O2. The van der Waals surface area contributed by atoms with Crippen LogP contribution in [0.4, 0.5) is 17.1 Å². The number of nitrogens with zero attached hydrogens (tertiary/aromatic N) is 1. The van der Waals surface area contributed by atoms with Gasteiger partial charge in [-0.2, -0.15) is 0 Å². The summed E-state index contributed by atoms with van der Waals surface area (Å²) in [6.07, 6.45) is 19.5. The summed E-state index contributed by atoms with van der Waals surface area (Å²) in [5.74, 6) is 0. The van der Waals surface area contributed by atoms with Crippen LogP contribution < -0.4 is 15.7 Å². The summed E-state index contributed by atoms with van der Waals surface area (Å²) in [5.41, 5.74) is 11.6. The molecule has 48 heavy (non-hydrogen) atoms. The molecule has 0 saturated heterocycles. The molecule has 5 aromatic carbocycles. The van der Waals surface area contributed by atoms with Crippen molar-refractivity contribution in [1.82, 2.24) is 0 Å². The maximum atomic E-state index is 6.40. The normalized spacial score (nSPS) is 17.1. The first-order valence-electron chi connectivity index (χ1n) is 16.7. The van der Waals surface area contributed by atoms with Crippen molar-refractivity contribution in [2.45, 2.75) is 19.7 Å². The van der Waals surface area contributed by atoms with E-state index in [-0.39, 0.29) is 6.71 Å². The maximum absolute atomic E-state index is 6.40. The molecule has 1 aliphatic carbocycles. The highest BCUT2D eigenvalue weighted by atomic mass is 16.3. The first-order valence-corrected chi connectivity index (χ1v) is 16.7. The molecule has 0 unspecified atom stereocenters. The van der Waals surface area contributed by atoms with Gasteiger partial charge in [0.15, 0.2) is 0 Å². The fraction of sp³-hybridized carbons (Fsp3) is 0.0698. The number of rotatable bonds is 4. The van der Waals surface area contributed by atoms with Crippen molar-refractivity contribution in [2.75, 3.05) is 10.2 Å². The Labute approximate surface area is 279 Å². The van der Waals surface area contributed by atoms with Crippen LogP contribution in [0.3, 0.4) is 0 Å². The molecule has 5 heteroatoms. The van der Waals surface area contributed by atoms with E-state index in [2.05, 4.69) is 151 Å². The summed E-state index contributed by atoms with van der Waals surface area (Å²) in [6, 6.07) is 36.1. The number of benzene rings is 5. The van der Waals surface area contributed by atoms with E-state index in [0.717, 1.165) is 79.5 Å². The van der Waals surface area contributed by atoms with E-state index in [1.807, 2.05) is 18.3 Å². The first-order chi connectivity index (χ1) is 23.8. The minimum absolute atomic E-state index is 0.00456. The van der Waals surface area contributed by atoms with Gasteiger partial charge in [-0.3, -0.25) is 0 Å². The van der Waals surface area contributed by atoms with Crippen molar-refractivity contribution in [3.05, 3.63) is 163 Å². The second-order valence-electron chi connectivity index (χ2n) is 12.4. The quantitative estimate of drug-likeness (QED) is 0.199. The standard InChI is InChI=1S/C43H33BN2O2/c1-44-33(30-19-12-26-39-41(30)31-17-7-9-24-37(31)47-39)20-6-3-11-28-45-34-21-13-23-36(43(34)44)46(29-15-4-2-5-16-29)35-22-14-27-40-42(35)32-18-8-10-25-38(32)48-40/h3-4,6-28,45H,2,5H2,1H3/b6-3-,28-11+,33-20+. The van der Waals surface area contributed by atoms with Gasteiger partial charge in [-0.25, -0.2) is 0 Å². The zero-order chi connectivity index (χ0) is 32.0. The van der Waals surface area contributed by atoms with E-state index >= 15 is 0 Å². The van der Waals surface area contributed by atoms with Crippen LogP contribution in [0.5, 0.6) is 0 Å². The summed E-state index contributed by atoms with van der Waals surface area (Å²) < 4.78 is 12.8. The summed E-state index contributed by atoms with van der Waals surface area (Å²) in [7, 11) is 0. The van der Waals surface area contributed by atoms with E-state index in [0.29, 0.717) is 0 Å². The molecule has 0 atom stereocenters. The Kier molecular flexibility index (Phi) is 6.90. The first kappa shape index (κ1) is 28.3. The zero-order valence-electron chi connectivity index (χ0n) is 26.7. The second-order valence-corrected chi connectivity index (χ2v) is 12.4. The van der Waals surface area contributed by atoms with Crippen LogP contribution in [-0.4, -0.2) is 6.71 Å². The molecule has 9 rings (SSSR count). The van der Waals surface area contributed by atoms with Crippen LogP contribution in [0.2, 0.25) is 6.82 Å². The van der Waals surface area contributed by atoms with Gasteiger partial charge >= 0.3 is 0 Å². The molecular weight excluding hydrogens is 587 g/mol. The van der Waals surface area contributed by atoms with Crippen molar-refractivity contribution in [3.63, 3.8) is 0 Å². The predicted molar refractivity (Wildman–Crippen MR) is 204 cm³/mol. The van der Waals surface area contributed by atoms with E-state index in [1.165, 1.54) is 16.5 Å². The number of para-hydroxylation sites is 2. The van der Waals surface area contributed by atoms with Crippen molar-refractivity contribution in [1.29, 1.82) is 0 Å². The highest BCUT2D eigenvalue weighted by molar-refractivity contribution is 6.91. The summed E-state index contributed by atoms with van der Waals surface area (Å²) >= 11 is 0. The number of anilines is 3. The van der Waals surface area contributed by atoms with E-state index in [1.54, 1.807) is 0 Å². The smallest absolute Gasteiger partial charge is 0.212 e. The van der Waals surface area contributed by atoms with Gasteiger partial charge in [-0.15, -0.1) is 0 Å². The Bertz CT molecular complexity index is 2530. The largest absolute Gasteiger partial charge is 0.456 e. The fourth-order valence-electron chi connectivity index (χ4n) is 7.50. The van der Waals surface area contributed by atoms with E-state index < -0.39 is 0 Å². The molecule has 1 aliphatic heterocycles. The molecule has 2 aliphatic rings. The van der Waals surface area contributed by atoms with Crippen LogP contribution in [0.25, 0.3) is 49.3 Å². The summed E-state index contributed by atoms with van der Waals surface area (Å²) in [4.78, 5) is 2.44. The SMILES string of the molecule is CB1/C(c2cccc3oc4ccccc4c23)=C/C=C\C=C\Nc2cccc(N(C3=CCCC=C3)c3cccc4oc5ccccc5c34)c21. The van der Waals surface area contributed by atoms with E-state index in [4.69, 9.17) is 8.83 Å². The van der Waals surface area contributed by atoms with Crippen LogP contribution in [0, 0.1) is 0 Å². The number of allylic oxidation sites excluding steroid dienone is 7. The van der Waals surface area contributed by atoms with Crippen LogP contribution in [-0.2, 0) is 0 Å². The van der Waals surface area contributed by atoms with Crippen molar-refractivity contribution in [3.8, 4) is 0 Å². The van der Waals surface area contributed by atoms with Crippen molar-refractivity contribution in [2.24, 2.45) is 0 Å². The molecule has 1 N–H and O–H groups in total. The van der Waals surface area contributed by atoms with Gasteiger partial charge in [0.2, 0.25) is 6.71 Å². The van der Waals surface area contributed by atoms with Gasteiger partial charge in [0.1, 0.15) is 22.3 Å². The molecule has 0 radical (unpaired) electrons. The fourth-order valence-corrected chi connectivity index (χ4v) is 7.50. The predicted octanol–water partition coefficient (Wildman–Crippen LogP) is 11.3. The van der Waals surface area contributed by atoms with Crippen molar-refractivity contribution < 1.29 is 8.83 Å². The molecule has 0 spiro atoms. The molecule has 7 aromatic rings. The molecule has 2 aromatic heterocycles. The maximum Gasteiger partial charge on any atom is 0.212 e. The lowest BCUT2D eigenvalue weighted by Crippen LogP contribution is -2.36. The summed E-state index contributed by atoms with van der Waals surface area (Å²) in [5, 5.41) is 8.14. The van der Waals surface area contributed by atoms with Crippen LogP contribution in [0.15, 0.2) is 166 Å². The van der Waals surface area contributed by atoms with Gasteiger partial charge in [-0.05, 0) is 78.5 Å². The Morgan fingerprint density at radius 3 is 2.12 bits per heavy atom. The third kappa shape index (κ3) is 4.62. The highest BCUT2D eigenvalue weighted by Gasteiger charge is 2.30. The molecule has 0 saturated carbocycles. The third-order valence-corrected chi connectivity index (χ3v) is 9.63. The molecule has 3 heterocycles. The monoisotopic (exact) mass is 620 g/mol. The third-order valence-electron chi connectivity index (χ3n) is 9.63. The molecule has 0 bridgehead atoms. The number of hydrogen-bond donors (Lipinski definition) is 1. The Hall–Kier alpha value is -5.94. The molecule has 4 nitrogen and oxygen atoms in total. The minimum atomic E-state index is -0.00456. The van der Waals surface area contributed by atoms with E-state index in [9.17, 15) is 0 Å². The molecule has 230 valence electrons. The van der Waals surface area contributed by atoms with Crippen LogP contribution in [0.1, 0.15) is 18.4 Å². The Balaban J connectivity index is 1.32. The second kappa shape index (κ2) is 11.7. The number of furan rings is 2. The lowest BCUT2D eigenvalue weighted by atomic mass is 9.39. The number of fused-ring (bicyclic) bond motifs is 7. The lowest BCUT2D eigenvalue weighted by Gasteiger charge is -2.33. The highest BCUT2D eigenvalue weighted by Crippen LogP contribution is 2.43. The van der Waals surface area contributed by atoms with Gasteiger partial charge in [0.25, 0.3) is 0 Å². The van der Waals surface area contributed by atoms with Crippen LogP contribution >= 0.6 is 0 Å². The molecule has 0 amide bonds. The summed E-state index contributed by atoms with van der Waals surface area (Å²) in [6.45, 7) is 2.32. The van der Waals surface area contributed by atoms with Gasteiger partial charge < -0.3 is 19.1 Å². The number of nitrogens with one attached hydrogen (secondary N) is 1. The minimum Gasteiger partial charge on any atom is -0.456 e. The Morgan fingerprint density at radius 2 is 1.33 bits per heavy atom. The van der Waals surface area contributed by atoms with Gasteiger partial charge in [-0.1, -0.05) is 103 Å². The topological polar surface area (TPSA) is 41.6 Å². The Morgan fingerprint density at radius 1 is 0.646 bits per heavy atom. The van der Waals surface area contributed by atoms with Crippen molar-refractivity contribution >= 4 is 78.6 Å². The lowest BCUT2D eigenvalue weighted by molar-refractivity contribution is 0.668. The number of hydrogen-bond acceptors (Lipinski definition) is 4. The average molecular weight is 621 g/mol. The zero-order valence-corrected chi connectivity index (χ0v) is 26.7. The van der Waals surface area contributed by atoms with Gasteiger partial charge in [0.05, 0.1) is 11.1 Å². The average Bonchev–Trinajstić information content (AvgIpc) is 3.71. The molecule has 0 fully saturated rings. The van der Waals surface area contributed by atoms with Gasteiger partial charge in [0, 0.05) is 39.4 Å².